The molecule has 0 spiro atoms. The molecule has 0 aliphatic carbocycles. The van der Waals surface area contributed by atoms with E-state index in [2.05, 4.69) is 36.1 Å². The Labute approximate surface area is 194 Å². The van der Waals surface area contributed by atoms with Gasteiger partial charge < -0.3 is 25.2 Å². The molecule has 8 heteroatoms. The van der Waals surface area contributed by atoms with Crippen molar-refractivity contribution in [1.29, 1.82) is 0 Å². The highest BCUT2D eigenvalue weighted by molar-refractivity contribution is 14.0. The fraction of sp³-hybridized carbons (Fsp3) is 0.364. The van der Waals surface area contributed by atoms with Crippen LogP contribution in [0.4, 0.5) is 5.69 Å². The number of H-pyrrole nitrogens is 1. The molecule has 30 heavy (non-hydrogen) atoms. The zero-order valence-corrected chi connectivity index (χ0v) is 19.5. The number of hydrogen-bond donors (Lipinski definition) is 3. The maximum Gasteiger partial charge on any atom is 0.193 e. The van der Waals surface area contributed by atoms with Crippen LogP contribution < -0.4 is 10.2 Å². The van der Waals surface area contributed by atoms with Gasteiger partial charge in [-0.15, -0.1) is 24.0 Å². The van der Waals surface area contributed by atoms with Crippen LogP contribution in [0.1, 0.15) is 12.2 Å². The van der Waals surface area contributed by atoms with E-state index in [1.165, 1.54) is 0 Å². The Morgan fingerprint density at radius 3 is 2.57 bits per heavy atom. The number of phenolic OH excluding ortho intramolecular Hbond substituents is 1. The lowest BCUT2D eigenvalue weighted by Crippen LogP contribution is -2.52. The topological polar surface area (TPSA) is 79.8 Å². The Bertz CT molecular complexity index is 947. The van der Waals surface area contributed by atoms with Crippen molar-refractivity contribution in [2.45, 2.75) is 12.8 Å². The van der Waals surface area contributed by atoms with Crippen LogP contribution >= 0.6 is 24.0 Å². The highest BCUT2D eigenvalue weighted by Crippen LogP contribution is 2.27. The van der Waals surface area contributed by atoms with Gasteiger partial charge in [-0.2, -0.15) is 0 Å². The van der Waals surface area contributed by atoms with Crippen LogP contribution in [0.2, 0.25) is 0 Å². The second kappa shape index (κ2) is 10.5. The number of piperazine rings is 1. The maximum atomic E-state index is 10.1. The molecule has 4 rings (SSSR count). The molecule has 0 atom stereocenters. The number of hydrogen-bond acceptors (Lipinski definition) is 4. The summed E-state index contributed by atoms with van der Waals surface area (Å²) in [4.78, 5) is 17.0. The second-order valence-electron chi connectivity index (χ2n) is 7.24. The molecule has 7 nitrogen and oxygen atoms in total. The zero-order chi connectivity index (χ0) is 20.1. The second-order valence-corrected chi connectivity index (χ2v) is 7.24. The molecule has 0 saturated carbocycles. The Balaban J connectivity index is 0.00000256. The number of halogens is 1. The predicted molar refractivity (Wildman–Crippen MR) is 133 cm³/mol. The molecule has 0 bridgehead atoms. The number of phenols is 1. The van der Waals surface area contributed by atoms with E-state index in [0.29, 0.717) is 5.75 Å². The fourth-order valence-electron chi connectivity index (χ4n) is 3.80. The number of para-hydroxylation sites is 4. The third kappa shape index (κ3) is 5.16. The lowest BCUT2D eigenvalue weighted by molar-refractivity contribution is 0.369. The van der Waals surface area contributed by atoms with Crippen molar-refractivity contribution in [1.82, 2.24) is 20.2 Å². The largest absolute Gasteiger partial charge is 0.506 e. The number of aromatic nitrogens is 2. The number of aromatic hydroxyl groups is 1. The SMILES string of the molecule is CN=C(NCCCc1nc2ccccc2[nH]1)N1CCN(c2ccccc2O)CC1.I. The van der Waals surface area contributed by atoms with Gasteiger partial charge in [0.2, 0.25) is 0 Å². The summed E-state index contributed by atoms with van der Waals surface area (Å²) in [5.74, 6) is 2.31. The number of guanidine groups is 1. The molecule has 2 aromatic carbocycles. The molecule has 0 radical (unpaired) electrons. The van der Waals surface area contributed by atoms with E-state index >= 15 is 0 Å². The number of nitrogens with one attached hydrogen (secondary N) is 2. The van der Waals surface area contributed by atoms with E-state index in [1.807, 2.05) is 43.4 Å². The van der Waals surface area contributed by atoms with Gasteiger partial charge in [-0.05, 0) is 30.7 Å². The van der Waals surface area contributed by atoms with Gasteiger partial charge in [0.15, 0.2) is 5.96 Å². The van der Waals surface area contributed by atoms with Crippen LogP contribution in [0.25, 0.3) is 11.0 Å². The zero-order valence-electron chi connectivity index (χ0n) is 17.2. The van der Waals surface area contributed by atoms with Crippen LogP contribution in [0.3, 0.4) is 0 Å². The lowest BCUT2D eigenvalue weighted by atomic mass is 10.2. The Hall–Kier alpha value is -2.49. The number of anilines is 1. The monoisotopic (exact) mass is 520 g/mol. The summed E-state index contributed by atoms with van der Waals surface area (Å²) in [6.07, 6.45) is 1.89. The van der Waals surface area contributed by atoms with Gasteiger partial charge in [0.1, 0.15) is 11.6 Å². The van der Waals surface area contributed by atoms with Crippen molar-refractivity contribution in [2.75, 3.05) is 44.7 Å². The van der Waals surface area contributed by atoms with Gasteiger partial charge >= 0.3 is 0 Å². The van der Waals surface area contributed by atoms with E-state index < -0.39 is 0 Å². The highest BCUT2D eigenvalue weighted by Gasteiger charge is 2.21. The molecule has 3 N–H and O–H groups in total. The van der Waals surface area contributed by atoms with Crippen molar-refractivity contribution < 1.29 is 5.11 Å². The third-order valence-electron chi connectivity index (χ3n) is 5.33. The van der Waals surface area contributed by atoms with Crippen molar-refractivity contribution in [3.05, 3.63) is 54.4 Å². The molecule has 1 aromatic heterocycles. The molecular weight excluding hydrogens is 491 g/mol. The Morgan fingerprint density at radius 2 is 1.83 bits per heavy atom. The molecule has 1 fully saturated rings. The first kappa shape index (κ1) is 22.2. The molecule has 3 aromatic rings. The number of aliphatic imine (C=N–C) groups is 1. The minimum absolute atomic E-state index is 0. The first-order valence-corrected chi connectivity index (χ1v) is 10.2. The van der Waals surface area contributed by atoms with Crippen LogP contribution in [-0.2, 0) is 6.42 Å². The summed E-state index contributed by atoms with van der Waals surface area (Å²) >= 11 is 0. The molecule has 2 heterocycles. The number of aryl methyl sites for hydroxylation is 1. The average Bonchev–Trinajstić information content (AvgIpc) is 3.17. The van der Waals surface area contributed by atoms with Crippen molar-refractivity contribution in [2.24, 2.45) is 4.99 Å². The number of aromatic amines is 1. The molecule has 0 unspecified atom stereocenters. The van der Waals surface area contributed by atoms with Gasteiger partial charge in [-0.25, -0.2) is 4.98 Å². The lowest BCUT2D eigenvalue weighted by Gasteiger charge is -2.37. The Kier molecular flexibility index (Phi) is 7.78. The number of rotatable bonds is 5. The summed E-state index contributed by atoms with van der Waals surface area (Å²) < 4.78 is 0. The van der Waals surface area contributed by atoms with Gasteiger partial charge in [0.25, 0.3) is 0 Å². The van der Waals surface area contributed by atoms with Gasteiger partial charge in [0.05, 0.1) is 16.7 Å². The number of nitrogens with zero attached hydrogens (tertiary/aromatic N) is 4. The molecular formula is C22H29IN6O. The van der Waals surface area contributed by atoms with Crippen LogP contribution in [-0.4, -0.2) is 65.7 Å². The van der Waals surface area contributed by atoms with E-state index in [-0.39, 0.29) is 24.0 Å². The number of imidazole rings is 1. The molecule has 160 valence electrons. The maximum absolute atomic E-state index is 10.1. The minimum atomic E-state index is 0. The summed E-state index contributed by atoms with van der Waals surface area (Å²) in [5.41, 5.74) is 3.02. The number of benzene rings is 2. The van der Waals surface area contributed by atoms with Crippen LogP contribution in [0, 0.1) is 0 Å². The van der Waals surface area contributed by atoms with Crippen LogP contribution in [0.5, 0.6) is 5.75 Å². The average molecular weight is 520 g/mol. The Morgan fingerprint density at radius 1 is 1.10 bits per heavy atom. The van der Waals surface area contributed by atoms with E-state index in [1.54, 1.807) is 6.07 Å². The van der Waals surface area contributed by atoms with Gasteiger partial charge in [0, 0.05) is 46.2 Å². The van der Waals surface area contributed by atoms with Crippen LogP contribution in [0.15, 0.2) is 53.5 Å². The molecule has 1 saturated heterocycles. The summed E-state index contributed by atoms with van der Waals surface area (Å²) in [6, 6.07) is 15.6. The smallest absolute Gasteiger partial charge is 0.193 e. The van der Waals surface area contributed by atoms with Crippen molar-refractivity contribution in [3.8, 4) is 5.75 Å². The summed E-state index contributed by atoms with van der Waals surface area (Å²) in [5, 5.41) is 13.5. The fourth-order valence-corrected chi connectivity index (χ4v) is 3.80. The van der Waals surface area contributed by atoms with Crippen molar-refractivity contribution in [3.63, 3.8) is 0 Å². The summed E-state index contributed by atoms with van der Waals surface area (Å²) in [7, 11) is 1.83. The first-order chi connectivity index (χ1) is 14.2. The van der Waals surface area contributed by atoms with E-state index in [0.717, 1.165) is 74.1 Å². The van der Waals surface area contributed by atoms with Crippen molar-refractivity contribution >= 4 is 46.7 Å². The summed E-state index contributed by atoms with van der Waals surface area (Å²) in [6.45, 7) is 4.31. The molecule has 0 amide bonds. The first-order valence-electron chi connectivity index (χ1n) is 10.2. The van der Waals surface area contributed by atoms with Gasteiger partial charge in [-0.3, -0.25) is 4.99 Å². The normalized spacial score (nSPS) is 14.6. The van der Waals surface area contributed by atoms with Gasteiger partial charge in [-0.1, -0.05) is 24.3 Å². The quantitative estimate of drug-likeness (QED) is 0.209. The molecule has 1 aliphatic heterocycles. The van der Waals surface area contributed by atoms with E-state index in [4.69, 9.17) is 0 Å². The number of fused-ring (bicyclic) bond motifs is 1. The van der Waals surface area contributed by atoms with E-state index in [9.17, 15) is 5.11 Å². The highest BCUT2D eigenvalue weighted by atomic mass is 127. The molecule has 1 aliphatic rings. The standard InChI is InChI=1S/C22H28N6O.HI/c1-23-22(24-12-6-11-21-25-17-7-2-3-8-18(17)26-21)28-15-13-27(14-16-28)19-9-4-5-10-20(19)29;/h2-5,7-10,29H,6,11-16H2,1H3,(H,23,24)(H,25,26);1H. The third-order valence-corrected chi connectivity index (χ3v) is 5.33. The minimum Gasteiger partial charge on any atom is -0.506 e. The predicted octanol–water partition coefficient (Wildman–Crippen LogP) is 3.22.